The number of rotatable bonds is 6. The Kier molecular flexibility index (Phi) is 4.92. The normalized spacial score (nSPS) is 12.6. The number of furan rings is 1. The summed E-state index contributed by atoms with van der Waals surface area (Å²) in [6, 6.07) is 1.76. The van der Waals surface area contributed by atoms with Crippen molar-refractivity contribution in [2.24, 2.45) is 5.92 Å². The Morgan fingerprint density at radius 2 is 2.35 bits per heavy atom. The van der Waals surface area contributed by atoms with E-state index < -0.39 is 0 Å². The van der Waals surface area contributed by atoms with Crippen LogP contribution < -0.4 is 5.32 Å². The largest absolute Gasteiger partial charge is 0.472 e. The number of nitrogens with one attached hydrogen (secondary N) is 1. The predicted molar refractivity (Wildman–Crippen MR) is 77.6 cm³/mol. The third kappa shape index (κ3) is 3.46. The van der Waals surface area contributed by atoms with Crippen molar-refractivity contribution in [1.82, 2.24) is 10.3 Å². The number of aliphatic hydroxyl groups excluding tert-OH is 1. The molecule has 6 heteroatoms. The van der Waals surface area contributed by atoms with Gasteiger partial charge < -0.3 is 14.8 Å². The van der Waals surface area contributed by atoms with Gasteiger partial charge in [-0.3, -0.25) is 4.79 Å². The first-order valence-electron chi connectivity index (χ1n) is 6.51. The van der Waals surface area contributed by atoms with Gasteiger partial charge in [0.15, 0.2) is 0 Å². The SMILES string of the molecule is CC(C)C(CCO)NC(=O)c1csc(-c2ccoc2)n1. The number of hydrogen-bond acceptors (Lipinski definition) is 5. The second kappa shape index (κ2) is 6.67. The van der Waals surface area contributed by atoms with Crippen LogP contribution in [0.4, 0.5) is 0 Å². The lowest BCUT2D eigenvalue weighted by atomic mass is 10.0. The van der Waals surface area contributed by atoms with Crippen LogP contribution in [-0.4, -0.2) is 28.6 Å². The molecule has 5 nitrogen and oxygen atoms in total. The fraction of sp³-hybridized carbons (Fsp3) is 0.429. The number of nitrogens with zero attached hydrogens (tertiary/aromatic N) is 1. The summed E-state index contributed by atoms with van der Waals surface area (Å²) in [5.41, 5.74) is 1.26. The fourth-order valence-corrected chi connectivity index (χ4v) is 2.64. The van der Waals surface area contributed by atoms with Crippen LogP contribution in [0.1, 0.15) is 30.8 Å². The molecule has 0 aliphatic rings. The first-order chi connectivity index (χ1) is 9.61. The maximum absolute atomic E-state index is 12.1. The summed E-state index contributed by atoms with van der Waals surface area (Å²) >= 11 is 1.40. The lowest BCUT2D eigenvalue weighted by molar-refractivity contribution is 0.0912. The van der Waals surface area contributed by atoms with Gasteiger partial charge in [0.2, 0.25) is 0 Å². The van der Waals surface area contributed by atoms with Crippen LogP contribution in [-0.2, 0) is 0 Å². The molecule has 0 spiro atoms. The summed E-state index contributed by atoms with van der Waals surface area (Å²) in [5.74, 6) is 0.0567. The minimum Gasteiger partial charge on any atom is -0.472 e. The van der Waals surface area contributed by atoms with E-state index in [1.54, 1.807) is 17.9 Å². The summed E-state index contributed by atoms with van der Waals surface area (Å²) < 4.78 is 5.00. The molecule has 0 bridgehead atoms. The van der Waals surface area contributed by atoms with Crippen molar-refractivity contribution in [3.05, 3.63) is 29.7 Å². The molecule has 2 N–H and O–H groups in total. The number of amides is 1. The minimum absolute atomic E-state index is 0.0495. The van der Waals surface area contributed by atoms with E-state index in [9.17, 15) is 4.79 Å². The number of hydrogen-bond donors (Lipinski definition) is 2. The van der Waals surface area contributed by atoms with Gasteiger partial charge in [-0.25, -0.2) is 4.98 Å². The highest BCUT2D eigenvalue weighted by atomic mass is 32.1. The summed E-state index contributed by atoms with van der Waals surface area (Å²) in [7, 11) is 0. The lowest BCUT2D eigenvalue weighted by Gasteiger charge is -2.20. The maximum atomic E-state index is 12.1. The Morgan fingerprint density at radius 1 is 1.55 bits per heavy atom. The molecule has 1 amide bonds. The molecule has 108 valence electrons. The van der Waals surface area contributed by atoms with Crippen LogP contribution in [0.15, 0.2) is 28.4 Å². The first kappa shape index (κ1) is 14.7. The van der Waals surface area contributed by atoms with Crippen molar-refractivity contribution >= 4 is 17.2 Å². The second-order valence-electron chi connectivity index (χ2n) is 4.89. The smallest absolute Gasteiger partial charge is 0.271 e. The molecule has 0 aliphatic heterocycles. The van der Waals surface area contributed by atoms with Gasteiger partial charge in [-0.2, -0.15) is 0 Å². The quantitative estimate of drug-likeness (QED) is 0.858. The summed E-state index contributed by atoms with van der Waals surface area (Å²) in [6.07, 6.45) is 3.72. The molecule has 0 saturated heterocycles. The second-order valence-corrected chi connectivity index (χ2v) is 5.74. The number of carbonyl (C=O) groups excluding carboxylic acids is 1. The van der Waals surface area contributed by atoms with Crippen LogP contribution >= 0.6 is 11.3 Å². The van der Waals surface area contributed by atoms with Crippen LogP contribution in [0.25, 0.3) is 10.6 Å². The molecule has 0 aliphatic carbocycles. The van der Waals surface area contributed by atoms with Gasteiger partial charge in [-0.15, -0.1) is 11.3 Å². The van der Waals surface area contributed by atoms with Gasteiger partial charge in [0.1, 0.15) is 17.0 Å². The topological polar surface area (TPSA) is 75.4 Å². The van der Waals surface area contributed by atoms with Crippen LogP contribution in [0, 0.1) is 5.92 Å². The molecular formula is C14H18N2O3S. The van der Waals surface area contributed by atoms with Gasteiger partial charge in [-0.1, -0.05) is 13.8 Å². The van der Waals surface area contributed by atoms with E-state index in [0.29, 0.717) is 12.1 Å². The minimum atomic E-state index is -0.205. The number of carbonyl (C=O) groups is 1. The molecule has 0 saturated carbocycles. The van der Waals surface area contributed by atoms with E-state index in [0.717, 1.165) is 10.6 Å². The molecule has 2 aromatic heterocycles. The average Bonchev–Trinajstić information content (AvgIpc) is 3.08. The molecule has 2 aromatic rings. The molecule has 2 rings (SSSR count). The maximum Gasteiger partial charge on any atom is 0.271 e. The van der Waals surface area contributed by atoms with E-state index >= 15 is 0 Å². The average molecular weight is 294 g/mol. The summed E-state index contributed by atoms with van der Waals surface area (Å²) in [5, 5.41) is 14.4. The van der Waals surface area contributed by atoms with Gasteiger partial charge >= 0.3 is 0 Å². The standard InChI is InChI=1S/C14H18N2O3S/c1-9(2)11(3-5-17)15-13(18)12-8-20-14(16-12)10-4-6-19-7-10/h4,6-9,11,17H,3,5H2,1-2H3,(H,15,18). The molecule has 2 heterocycles. The fourth-order valence-electron chi connectivity index (χ4n) is 1.85. The Labute approximate surface area is 121 Å². The zero-order valence-electron chi connectivity index (χ0n) is 11.5. The van der Waals surface area contributed by atoms with E-state index in [1.807, 2.05) is 19.9 Å². The van der Waals surface area contributed by atoms with Crippen LogP contribution in [0.5, 0.6) is 0 Å². The molecule has 1 atom stereocenters. The Hall–Kier alpha value is -1.66. The zero-order chi connectivity index (χ0) is 14.5. The van der Waals surface area contributed by atoms with Gasteiger partial charge in [0.25, 0.3) is 5.91 Å². The molecule has 1 unspecified atom stereocenters. The Morgan fingerprint density at radius 3 is 2.95 bits per heavy atom. The van der Waals surface area contributed by atoms with Gasteiger partial charge in [-0.05, 0) is 18.4 Å². The molecule has 0 radical (unpaired) electrons. The van der Waals surface area contributed by atoms with Crippen LogP contribution in [0.2, 0.25) is 0 Å². The Balaban J connectivity index is 2.06. The Bertz CT molecular complexity index is 549. The summed E-state index contributed by atoms with van der Waals surface area (Å²) in [4.78, 5) is 16.5. The number of aliphatic hydroxyl groups is 1. The van der Waals surface area contributed by atoms with E-state index in [1.165, 1.54) is 11.3 Å². The highest BCUT2D eigenvalue weighted by molar-refractivity contribution is 7.13. The van der Waals surface area contributed by atoms with Gasteiger partial charge in [0, 0.05) is 23.6 Å². The molecule has 0 aromatic carbocycles. The van der Waals surface area contributed by atoms with Crippen molar-refractivity contribution in [3.63, 3.8) is 0 Å². The lowest BCUT2D eigenvalue weighted by Crippen LogP contribution is -2.39. The highest BCUT2D eigenvalue weighted by Gasteiger charge is 2.19. The number of thiazole rings is 1. The summed E-state index contributed by atoms with van der Waals surface area (Å²) in [6.45, 7) is 4.08. The van der Waals surface area contributed by atoms with E-state index in [4.69, 9.17) is 9.52 Å². The van der Waals surface area contributed by atoms with Gasteiger partial charge in [0.05, 0.1) is 6.26 Å². The predicted octanol–water partition coefficient (Wildman–Crippen LogP) is 2.54. The third-order valence-corrected chi connectivity index (χ3v) is 3.96. The van der Waals surface area contributed by atoms with E-state index in [2.05, 4.69) is 10.3 Å². The van der Waals surface area contributed by atoms with Crippen molar-refractivity contribution < 1.29 is 14.3 Å². The zero-order valence-corrected chi connectivity index (χ0v) is 12.3. The van der Waals surface area contributed by atoms with Crippen molar-refractivity contribution in [2.45, 2.75) is 26.3 Å². The molecular weight excluding hydrogens is 276 g/mol. The monoisotopic (exact) mass is 294 g/mol. The highest BCUT2D eigenvalue weighted by Crippen LogP contribution is 2.24. The van der Waals surface area contributed by atoms with Crippen LogP contribution in [0.3, 0.4) is 0 Å². The third-order valence-electron chi connectivity index (χ3n) is 3.07. The first-order valence-corrected chi connectivity index (χ1v) is 7.39. The van der Waals surface area contributed by atoms with E-state index in [-0.39, 0.29) is 24.5 Å². The van der Waals surface area contributed by atoms with Crippen molar-refractivity contribution in [1.29, 1.82) is 0 Å². The molecule has 20 heavy (non-hydrogen) atoms. The van der Waals surface area contributed by atoms with Crippen molar-refractivity contribution in [3.8, 4) is 10.6 Å². The number of aromatic nitrogens is 1. The molecule has 0 fully saturated rings. The van der Waals surface area contributed by atoms with Crippen molar-refractivity contribution in [2.75, 3.05) is 6.61 Å².